The molecule has 1 N–H and O–H groups in total. The van der Waals surface area contributed by atoms with Crippen LogP contribution in [0.5, 0.6) is 5.75 Å². The second kappa shape index (κ2) is 6.78. The zero-order valence-corrected chi connectivity index (χ0v) is 12.6. The van der Waals surface area contributed by atoms with Crippen LogP contribution in [-0.2, 0) is 0 Å². The molecule has 2 aromatic rings. The van der Waals surface area contributed by atoms with Crippen LogP contribution in [0.2, 0.25) is 0 Å². The lowest BCUT2D eigenvalue weighted by Gasteiger charge is -2.07. The number of nitrogens with one attached hydrogen (secondary N) is 1. The number of hydrogen-bond acceptors (Lipinski definition) is 4. The van der Waals surface area contributed by atoms with Gasteiger partial charge in [-0.3, -0.25) is 5.41 Å². The van der Waals surface area contributed by atoms with Gasteiger partial charge in [0.05, 0.1) is 16.5 Å². The Morgan fingerprint density at radius 2 is 2.00 bits per heavy atom. The Balaban J connectivity index is 2.06. The predicted octanol–water partition coefficient (Wildman–Crippen LogP) is 4.63. The topological polar surface area (TPSA) is 33.1 Å². The fraction of sp³-hybridized carbons (Fsp3) is 0.267. The van der Waals surface area contributed by atoms with Crippen LogP contribution in [-0.4, -0.2) is 12.3 Å². The van der Waals surface area contributed by atoms with E-state index in [9.17, 15) is 0 Å². The highest BCUT2D eigenvalue weighted by Gasteiger charge is 2.09. The van der Waals surface area contributed by atoms with Gasteiger partial charge in [0.1, 0.15) is 5.75 Å². The van der Waals surface area contributed by atoms with Crippen molar-refractivity contribution < 1.29 is 4.74 Å². The van der Waals surface area contributed by atoms with Crippen molar-refractivity contribution in [1.82, 2.24) is 0 Å². The summed E-state index contributed by atoms with van der Waals surface area (Å²) in [6.45, 7) is 2.89. The van der Waals surface area contributed by atoms with Crippen molar-refractivity contribution in [3.8, 4) is 5.75 Å². The minimum atomic E-state index is 0.506. The summed E-state index contributed by atoms with van der Waals surface area (Å²) < 4.78 is 6.49. The molecule has 0 aliphatic heterocycles. The molecule has 100 valence electrons. The SMILES string of the molecule is CCCCOc1ccc(C(=N)c2ccsc2S)cc1. The number of unbranched alkanes of at least 4 members (excludes halogenated alkanes) is 1. The quantitative estimate of drug-likeness (QED) is 0.454. The molecule has 0 unspecified atom stereocenters. The monoisotopic (exact) mass is 291 g/mol. The summed E-state index contributed by atoms with van der Waals surface area (Å²) in [4.78, 5) is 0. The molecule has 0 saturated carbocycles. The van der Waals surface area contributed by atoms with Gasteiger partial charge in [-0.05, 0) is 42.1 Å². The minimum absolute atomic E-state index is 0.506. The Bertz CT molecular complexity index is 546. The van der Waals surface area contributed by atoms with Crippen LogP contribution in [0.3, 0.4) is 0 Å². The summed E-state index contributed by atoms with van der Waals surface area (Å²) >= 11 is 5.91. The van der Waals surface area contributed by atoms with Gasteiger partial charge in [-0.1, -0.05) is 13.3 Å². The highest BCUT2D eigenvalue weighted by molar-refractivity contribution is 7.83. The lowest BCUT2D eigenvalue weighted by molar-refractivity contribution is 0.309. The molecule has 0 saturated heterocycles. The van der Waals surface area contributed by atoms with Crippen LogP contribution in [0.25, 0.3) is 0 Å². The van der Waals surface area contributed by atoms with Gasteiger partial charge in [-0.15, -0.1) is 24.0 Å². The normalized spacial score (nSPS) is 10.4. The summed E-state index contributed by atoms with van der Waals surface area (Å²) in [5.74, 6) is 0.862. The maximum absolute atomic E-state index is 8.18. The van der Waals surface area contributed by atoms with Crippen LogP contribution < -0.4 is 4.74 Å². The molecule has 1 aromatic carbocycles. The second-order valence-electron chi connectivity index (χ2n) is 4.24. The summed E-state index contributed by atoms with van der Waals surface area (Å²) in [7, 11) is 0. The summed E-state index contributed by atoms with van der Waals surface area (Å²) in [5, 5.41) is 10.1. The highest BCUT2D eigenvalue weighted by Crippen LogP contribution is 2.24. The van der Waals surface area contributed by atoms with Gasteiger partial charge in [-0.25, -0.2) is 0 Å². The Kier molecular flexibility index (Phi) is 5.05. The molecule has 1 heterocycles. The lowest BCUT2D eigenvalue weighted by atomic mass is 10.1. The van der Waals surface area contributed by atoms with E-state index in [1.807, 2.05) is 35.7 Å². The van der Waals surface area contributed by atoms with E-state index < -0.39 is 0 Å². The molecule has 4 heteroatoms. The van der Waals surface area contributed by atoms with Gasteiger partial charge in [-0.2, -0.15) is 0 Å². The number of ether oxygens (including phenoxy) is 1. The van der Waals surface area contributed by atoms with Crippen LogP contribution in [0.15, 0.2) is 39.9 Å². The van der Waals surface area contributed by atoms with E-state index in [0.717, 1.165) is 40.5 Å². The van der Waals surface area contributed by atoms with E-state index in [-0.39, 0.29) is 0 Å². The van der Waals surface area contributed by atoms with Crippen molar-refractivity contribution in [2.45, 2.75) is 24.0 Å². The molecular weight excluding hydrogens is 274 g/mol. The molecule has 0 aliphatic carbocycles. The van der Waals surface area contributed by atoms with E-state index in [2.05, 4.69) is 19.6 Å². The van der Waals surface area contributed by atoms with Crippen LogP contribution in [0.1, 0.15) is 30.9 Å². The largest absolute Gasteiger partial charge is 0.494 e. The van der Waals surface area contributed by atoms with Crippen molar-refractivity contribution in [1.29, 1.82) is 5.41 Å². The molecule has 0 amide bonds. The summed E-state index contributed by atoms with van der Waals surface area (Å²) in [6, 6.07) is 9.62. The Morgan fingerprint density at radius 1 is 1.26 bits per heavy atom. The molecule has 0 atom stereocenters. The van der Waals surface area contributed by atoms with Gasteiger partial charge in [0.2, 0.25) is 0 Å². The van der Waals surface area contributed by atoms with Crippen molar-refractivity contribution in [2.24, 2.45) is 0 Å². The van der Waals surface area contributed by atoms with E-state index in [0.29, 0.717) is 5.71 Å². The molecular formula is C15H17NOS2. The highest BCUT2D eigenvalue weighted by atomic mass is 32.2. The standard InChI is InChI=1S/C15H17NOS2/c1-2-3-9-17-12-6-4-11(5-7-12)14(16)13-8-10-19-15(13)18/h4-8,10,16,18H,2-3,9H2,1H3. The number of thiol groups is 1. The number of rotatable bonds is 6. The summed E-state index contributed by atoms with van der Waals surface area (Å²) in [5.41, 5.74) is 2.27. The zero-order chi connectivity index (χ0) is 13.7. The van der Waals surface area contributed by atoms with Crippen molar-refractivity contribution in [3.63, 3.8) is 0 Å². The Labute approximate surface area is 123 Å². The first-order chi connectivity index (χ1) is 9.22. The van der Waals surface area contributed by atoms with Gasteiger partial charge in [0, 0.05) is 11.1 Å². The number of thiophene rings is 1. The lowest BCUT2D eigenvalue weighted by Crippen LogP contribution is -2.01. The fourth-order valence-electron chi connectivity index (χ4n) is 1.70. The third kappa shape index (κ3) is 3.61. The van der Waals surface area contributed by atoms with Crippen molar-refractivity contribution in [2.75, 3.05) is 6.61 Å². The van der Waals surface area contributed by atoms with E-state index >= 15 is 0 Å². The smallest absolute Gasteiger partial charge is 0.119 e. The Hall–Kier alpha value is -1.26. The maximum atomic E-state index is 8.18. The number of benzene rings is 1. The third-order valence-corrected chi connectivity index (χ3v) is 4.10. The number of hydrogen-bond donors (Lipinski definition) is 2. The molecule has 2 rings (SSSR count). The van der Waals surface area contributed by atoms with Crippen molar-refractivity contribution >= 4 is 29.7 Å². The predicted molar refractivity (Wildman–Crippen MR) is 84.3 cm³/mol. The first-order valence-corrected chi connectivity index (χ1v) is 7.63. The van der Waals surface area contributed by atoms with Gasteiger partial charge >= 0.3 is 0 Å². The van der Waals surface area contributed by atoms with E-state index in [1.54, 1.807) is 11.3 Å². The van der Waals surface area contributed by atoms with Crippen molar-refractivity contribution in [3.05, 3.63) is 46.8 Å². The van der Waals surface area contributed by atoms with Crippen LogP contribution in [0, 0.1) is 5.41 Å². The average Bonchev–Trinajstić information content (AvgIpc) is 2.85. The second-order valence-corrected chi connectivity index (χ2v) is 5.91. The van der Waals surface area contributed by atoms with Gasteiger partial charge in [0.25, 0.3) is 0 Å². The molecule has 0 spiro atoms. The maximum Gasteiger partial charge on any atom is 0.119 e. The minimum Gasteiger partial charge on any atom is -0.494 e. The van der Waals surface area contributed by atoms with E-state index in [1.165, 1.54) is 0 Å². The molecule has 0 bridgehead atoms. The summed E-state index contributed by atoms with van der Waals surface area (Å²) in [6.07, 6.45) is 2.20. The first-order valence-electron chi connectivity index (χ1n) is 6.31. The molecule has 0 fully saturated rings. The molecule has 2 nitrogen and oxygen atoms in total. The molecule has 1 aromatic heterocycles. The molecule has 0 aliphatic rings. The van der Waals surface area contributed by atoms with Gasteiger partial charge < -0.3 is 4.74 Å². The first kappa shape index (κ1) is 14.2. The molecule has 19 heavy (non-hydrogen) atoms. The third-order valence-electron chi connectivity index (χ3n) is 2.82. The molecule has 0 radical (unpaired) electrons. The average molecular weight is 291 g/mol. The zero-order valence-electron chi connectivity index (χ0n) is 10.8. The van der Waals surface area contributed by atoms with Crippen LogP contribution >= 0.6 is 24.0 Å². The van der Waals surface area contributed by atoms with Crippen LogP contribution in [0.4, 0.5) is 0 Å². The van der Waals surface area contributed by atoms with E-state index in [4.69, 9.17) is 10.1 Å². The van der Waals surface area contributed by atoms with Gasteiger partial charge in [0.15, 0.2) is 0 Å². The fourth-order valence-corrected chi connectivity index (χ4v) is 2.70. The Morgan fingerprint density at radius 3 is 2.58 bits per heavy atom.